The molecule has 6 amide bonds. The van der Waals surface area contributed by atoms with Crippen molar-refractivity contribution < 1.29 is 51.8 Å². The molecule has 0 radical (unpaired) electrons. The fraction of sp³-hybridized carbons (Fsp3) is 0.429. The molecule has 17 heteroatoms. The molecule has 3 aromatic rings. The lowest BCUT2D eigenvalue weighted by Crippen LogP contribution is -2.57. The average molecular weight is 821 g/mol. The van der Waals surface area contributed by atoms with Crippen LogP contribution >= 0.6 is 0 Å². The Kier molecular flexibility index (Phi) is 14.6. The van der Waals surface area contributed by atoms with Crippen LogP contribution in [0, 0.1) is 17.6 Å². The fourth-order valence-corrected chi connectivity index (χ4v) is 6.64. The molecule has 2 heterocycles. The highest BCUT2D eigenvalue weighted by Gasteiger charge is 2.44. The first-order chi connectivity index (χ1) is 28.0. The molecule has 1 fully saturated rings. The number of anilines is 2. The van der Waals surface area contributed by atoms with E-state index in [9.17, 15) is 37.5 Å². The number of nitrogens with zero attached hydrogens (tertiary/aromatic N) is 2. The van der Waals surface area contributed by atoms with Crippen molar-refractivity contribution in [2.75, 3.05) is 37.4 Å². The molecule has 5 rings (SSSR count). The van der Waals surface area contributed by atoms with Crippen molar-refractivity contribution in [2.45, 2.75) is 83.8 Å². The zero-order valence-electron chi connectivity index (χ0n) is 33.6. The van der Waals surface area contributed by atoms with Crippen LogP contribution < -0.4 is 21.3 Å². The Bertz CT molecular complexity index is 2000. The molecule has 0 unspecified atom stereocenters. The van der Waals surface area contributed by atoms with Gasteiger partial charge in [0.1, 0.15) is 47.7 Å². The summed E-state index contributed by atoms with van der Waals surface area (Å²) in [6.07, 6.45) is -0.806. The summed E-state index contributed by atoms with van der Waals surface area (Å²) < 4.78 is 45.8. The van der Waals surface area contributed by atoms with E-state index >= 15 is 0 Å². The van der Waals surface area contributed by atoms with Gasteiger partial charge in [0.25, 0.3) is 5.91 Å². The van der Waals surface area contributed by atoms with Gasteiger partial charge in [0, 0.05) is 45.5 Å². The van der Waals surface area contributed by atoms with Gasteiger partial charge >= 0.3 is 12.2 Å². The first-order valence-corrected chi connectivity index (χ1v) is 19.3. The molecule has 2 aliphatic rings. The molecular formula is C42H50F2N6O9. The second kappa shape index (κ2) is 19.6. The summed E-state index contributed by atoms with van der Waals surface area (Å²) in [6, 6.07) is 13.1. The van der Waals surface area contributed by atoms with Gasteiger partial charge < -0.3 is 40.4 Å². The molecule has 0 bridgehead atoms. The monoisotopic (exact) mass is 820 g/mol. The largest absolute Gasteiger partial charge is 0.445 e. The first kappa shape index (κ1) is 44.0. The summed E-state index contributed by atoms with van der Waals surface area (Å²) in [7, 11) is 1.40. The van der Waals surface area contributed by atoms with Crippen LogP contribution in [0.4, 0.5) is 29.7 Å². The van der Waals surface area contributed by atoms with E-state index in [1.807, 2.05) is 18.2 Å². The number of amides is 6. The quantitative estimate of drug-likeness (QED) is 0.175. The van der Waals surface area contributed by atoms with Gasteiger partial charge in [-0.1, -0.05) is 42.5 Å². The SMILES string of the molecule is C[C@@H](C(=O)N[C@H](C(=O)N1Cc2ccc(NC(=O)CCNC(=O)OCc3ccccc3)cc2[C@H]1C(=O)Nc1c(F)cccc1F)C1CCOCC1)N(C)C(=O)OC(C)(C)C. The van der Waals surface area contributed by atoms with Crippen LogP contribution in [-0.2, 0) is 46.5 Å². The van der Waals surface area contributed by atoms with E-state index in [4.69, 9.17) is 14.2 Å². The molecule has 0 spiro atoms. The van der Waals surface area contributed by atoms with Crippen LogP contribution in [0.3, 0.4) is 0 Å². The fourth-order valence-electron chi connectivity index (χ4n) is 6.64. The third-order valence-electron chi connectivity index (χ3n) is 9.90. The number of hydrogen-bond acceptors (Lipinski definition) is 9. The summed E-state index contributed by atoms with van der Waals surface area (Å²) in [5, 5.41) is 10.4. The molecule has 59 heavy (non-hydrogen) atoms. The van der Waals surface area contributed by atoms with Crippen molar-refractivity contribution in [3.8, 4) is 0 Å². The summed E-state index contributed by atoms with van der Waals surface area (Å²) in [4.78, 5) is 82.9. The number of hydrogen-bond donors (Lipinski definition) is 4. The number of halogens is 2. The molecule has 1 saturated heterocycles. The Labute approximate surface area is 341 Å². The van der Waals surface area contributed by atoms with Gasteiger partial charge in [-0.25, -0.2) is 18.4 Å². The van der Waals surface area contributed by atoms with Gasteiger partial charge in [-0.3, -0.25) is 24.1 Å². The Morgan fingerprint density at radius 1 is 0.932 bits per heavy atom. The van der Waals surface area contributed by atoms with Crippen LogP contribution in [-0.4, -0.2) is 90.1 Å². The molecule has 0 aliphatic carbocycles. The van der Waals surface area contributed by atoms with E-state index in [1.165, 1.54) is 24.9 Å². The third-order valence-corrected chi connectivity index (χ3v) is 9.90. The van der Waals surface area contributed by atoms with E-state index in [0.717, 1.165) is 28.7 Å². The van der Waals surface area contributed by atoms with E-state index < -0.39 is 82.8 Å². The molecule has 3 aromatic carbocycles. The van der Waals surface area contributed by atoms with Crippen LogP contribution in [0.5, 0.6) is 0 Å². The van der Waals surface area contributed by atoms with Crippen molar-refractivity contribution in [2.24, 2.45) is 5.92 Å². The summed E-state index contributed by atoms with van der Waals surface area (Å²) >= 11 is 0. The zero-order chi connectivity index (χ0) is 42.9. The molecular weight excluding hydrogens is 770 g/mol. The van der Waals surface area contributed by atoms with E-state index in [1.54, 1.807) is 45.0 Å². The Morgan fingerprint density at radius 2 is 1.61 bits per heavy atom. The molecule has 15 nitrogen and oxygen atoms in total. The molecule has 0 aromatic heterocycles. The van der Waals surface area contributed by atoms with Crippen molar-refractivity contribution >= 4 is 47.2 Å². The highest BCUT2D eigenvalue weighted by atomic mass is 19.1. The number of alkyl carbamates (subject to hydrolysis) is 1. The topological polar surface area (TPSA) is 185 Å². The van der Waals surface area contributed by atoms with Gasteiger partial charge in [-0.05, 0) is 87.4 Å². The molecule has 0 saturated carbocycles. The number of rotatable bonds is 13. The standard InChI is InChI=1S/C42H50F2N6O9/c1-25(49(5)41(56)59-42(2,3)4)37(52)47-34(27-17-20-57-21-18-27)39(54)50-23-28-14-15-29(22-30(28)36(50)38(53)48-35-31(43)12-9-13-32(35)44)46-33(51)16-19-45-40(55)58-24-26-10-7-6-8-11-26/h6-15,22,25,27,34,36H,16-21,23-24H2,1-5H3,(H,45,55)(H,46,51)(H,47,52)(H,48,53)/t25-,34-,36-/m0/s1. The van der Waals surface area contributed by atoms with E-state index in [0.29, 0.717) is 31.6 Å². The first-order valence-electron chi connectivity index (χ1n) is 19.3. The van der Waals surface area contributed by atoms with Crippen molar-refractivity contribution in [1.29, 1.82) is 0 Å². The van der Waals surface area contributed by atoms with Gasteiger partial charge in [0.2, 0.25) is 17.7 Å². The van der Waals surface area contributed by atoms with Gasteiger partial charge in [0.15, 0.2) is 0 Å². The van der Waals surface area contributed by atoms with Gasteiger partial charge in [0.05, 0.1) is 0 Å². The Balaban J connectivity index is 1.36. The van der Waals surface area contributed by atoms with Gasteiger partial charge in [-0.15, -0.1) is 0 Å². The lowest BCUT2D eigenvalue weighted by atomic mass is 9.90. The molecule has 4 N–H and O–H groups in total. The minimum atomic E-state index is -1.46. The van der Waals surface area contributed by atoms with Crippen molar-refractivity contribution in [3.63, 3.8) is 0 Å². The summed E-state index contributed by atoms with van der Waals surface area (Å²) in [5.41, 5.74) is 0.270. The van der Waals surface area contributed by atoms with E-state index in [-0.39, 0.29) is 37.4 Å². The molecule has 3 atom stereocenters. The van der Waals surface area contributed by atoms with Crippen LogP contribution in [0.15, 0.2) is 66.7 Å². The summed E-state index contributed by atoms with van der Waals surface area (Å²) in [6.45, 7) is 7.05. The second-order valence-electron chi connectivity index (χ2n) is 15.4. The third kappa shape index (κ3) is 11.7. The number of para-hydroxylation sites is 1. The van der Waals surface area contributed by atoms with Crippen molar-refractivity contribution in [1.82, 2.24) is 20.4 Å². The molecule has 316 valence electrons. The predicted octanol–water partition coefficient (Wildman–Crippen LogP) is 5.41. The van der Waals surface area contributed by atoms with Crippen LogP contribution in [0.25, 0.3) is 0 Å². The van der Waals surface area contributed by atoms with Gasteiger partial charge in [-0.2, -0.15) is 0 Å². The Hall–Kier alpha value is -6.10. The number of ether oxygens (including phenoxy) is 3. The Morgan fingerprint density at radius 3 is 2.27 bits per heavy atom. The highest BCUT2D eigenvalue weighted by Crippen LogP contribution is 2.38. The number of fused-ring (bicyclic) bond motifs is 1. The maximum absolute atomic E-state index is 14.8. The number of nitrogens with one attached hydrogen (secondary N) is 4. The number of carbonyl (C=O) groups excluding carboxylic acids is 6. The zero-order valence-corrected chi connectivity index (χ0v) is 33.6. The second-order valence-corrected chi connectivity index (χ2v) is 15.4. The lowest BCUT2D eigenvalue weighted by Gasteiger charge is -2.36. The lowest BCUT2D eigenvalue weighted by molar-refractivity contribution is -0.144. The van der Waals surface area contributed by atoms with Crippen LogP contribution in [0.2, 0.25) is 0 Å². The predicted molar refractivity (Wildman–Crippen MR) is 212 cm³/mol. The number of benzene rings is 3. The van der Waals surface area contributed by atoms with Crippen LogP contribution in [0.1, 0.15) is 69.7 Å². The highest BCUT2D eigenvalue weighted by molar-refractivity contribution is 6.01. The normalized spacial score (nSPS) is 16.2. The molecule has 2 aliphatic heterocycles. The smallest absolute Gasteiger partial charge is 0.410 e. The van der Waals surface area contributed by atoms with E-state index in [2.05, 4.69) is 21.3 Å². The maximum Gasteiger partial charge on any atom is 0.410 e. The average Bonchev–Trinajstić information content (AvgIpc) is 3.58. The van der Waals surface area contributed by atoms with Crippen molar-refractivity contribution in [3.05, 3.63) is 95.1 Å². The number of carbonyl (C=O) groups is 6. The summed E-state index contributed by atoms with van der Waals surface area (Å²) in [5.74, 6) is -5.25. The minimum Gasteiger partial charge on any atom is -0.445 e. The maximum atomic E-state index is 14.8. The number of likely N-dealkylation sites (N-methyl/N-ethyl adjacent to an activating group) is 1. The minimum absolute atomic E-state index is 0.0442.